The first-order valence-electron chi connectivity index (χ1n) is 6.54. The summed E-state index contributed by atoms with van der Waals surface area (Å²) in [7, 11) is 0. The Balaban J connectivity index is 1.75. The van der Waals surface area contributed by atoms with Crippen LogP contribution in [0, 0.1) is 0 Å². The van der Waals surface area contributed by atoms with Gasteiger partial charge >= 0.3 is 0 Å². The standard InChI is InChI=1S/C16H14Cl2N2OS/c17-14-7-4-8-15(18)13(14)10-22-11-16(21)20-19-9-12-5-2-1-3-6-12/h1-9H,10-11H2,(H,20,21)/b19-9-. The maximum Gasteiger partial charge on any atom is 0.250 e. The van der Waals surface area contributed by atoms with E-state index in [1.165, 1.54) is 11.8 Å². The highest BCUT2D eigenvalue weighted by Crippen LogP contribution is 2.27. The molecule has 0 bridgehead atoms. The van der Waals surface area contributed by atoms with Crippen LogP contribution in [0.1, 0.15) is 11.1 Å². The van der Waals surface area contributed by atoms with Crippen molar-refractivity contribution in [1.82, 2.24) is 5.43 Å². The fraction of sp³-hybridized carbons (Fsp3) is 0.125. The summed E-state index contributed by atoms with van der Waals surface area (Å²) in [6.07, 6.45) is 1.60. The number of carbonyl (C=O) groups is 1. The van der Waals surface area contributed by atoms with Crippen molar-refractivity contribution in [3.63, 3.8) is 0 Å². The number of nitrogens with one attached hydrogen (secondary N) is 1. The zero-order chi connectivity index (χ0) is 15.8. The molecular formula is C16H14Cl2N2OS. The van der Waals surface area contributed by atoms with Crippen LogP contribution in [-0.4, -0.2) is 17.9 Å². The highest BCUT2D eigenvalue weighted by atomic mass is 35.5. The van der Waals surface area contributed by atoms with Crippen LogP contribution in [0.3, 0.4) is 0 Å². The van der Waals surface area contributed by atoms with Gasteiger partial charge in [0, 0.05) is 15.8 Å². The molecule has 114 valence electrons. The average Bonchev–Trinajstić information content (AvgIpc) is 2.51. The average molecular weight is 353 g/mol. The van der Waals surface area contributed by atoms with Gasteiger partial charge in [-0.3, -0.25) is 4.79 Å². The van der Waals surface area contributed by atoms with Crippen molar-refractivity contribution in [2.45, 2.75) is 5.75 Å². The number of hydrogen-bond donors (Lipinski definition) is 1. The Bertz CT molecular complexity index is 642. The number of hydrogen-bond acceptors (Lipinski definition) is 3. The Morgan fingerprint density at radius 2 is 1.77 bits per heavy atom. The van der Waals surface area contributed by atoms with Gasteiger partial charge in [-0.15, -0.1) is 11.8 Å². The van der Waals surface area contributed by atoms with E-state index in [0.717, 1.165) is 11.1 Å². The van der Waals surface area contributed by atoms with E-state index in [9.17, 15) is 4.79 Å². The predicted octanol–water partition coefficient (Wildman–Crippen LogP) is 4.38. The molecule has 0 aliphatic carbocycles. The third-order valence-electron chi connectivity index (χ3n) is 2.74. The van der Waals surface area contributed by atoms with Crippen molar-refractivity contribution < 1.29 is 4.79 Å². The van der Waals surface area contributed by atoms with E-state index < -0.39 is 0 Å². The first kappa shape index (κ1) is 16.9. The quantitative estimate of drug-likeness (QED) is 0.619. The molecule has 0 saturated heterocycles. The minimum atomic E-state index is -0.166. The van der Waals surface area contributed by atoms with E-state index in [4.69, 9.17) is 23.2 Å². The molecule has 0 saturated carbocycles. The van der Waals surface area contributed by atoms with E-state index in [-0.39, 0.29) is 11.7 Å². The minimum Gasteiger partial charge on any atom is -0.272 e. The lowest BCUT2D eigenvalue weighted by Gasteiger charge is -2.06. The van der Waals surface area contributed by atoms with Crippen molar-refractivity contribution >= 4 is 47.1 Å². The summed E-state index contributed by atoms with van der Waals surface area (Å²) in [5, 5.41) is 5.14. The zero-order valence-electron chi connectivity index (χ0n) is 11.6. The lowest BCUT2D eigenvalue weighted by atomic mass is 10.2. The second-order valence-corrected chi connectivity index (χ2v) is 6.20. The van der Waals surface area contributed by atoms with Crippen molar-refractivity contribution in [1.29, 1.82) is 0 Å². The van der Waals surface area contributed by atoms with Crippen molar-refractivity contribution in [3.05, 3.63) is 69.7 Å². The van der Waals surface area contributed by atoms with Crippen LogP contribution in [-0.2, 0) is 10.5 Å². The van der Waals surface area contributed by atoms with Gasteiger partial charge in [-0.25, -0.2) is 5.43 Å². The highest BCUT2D eigenvalue weighted by molar-refractivity contribution is 7.99. The topological polar surface area (TPSA) is 41.5 Å². The van der Waals surface area contributed by atoms with E-state index >= 15 is 0 Å². The molecule has 0 fully saturated rings. The van der Waals surface area contributed by atoms with Crippen LogP contribution in [0.15, 0.2) is 53.6 Å². The van der Waals surface area contributed by atoms with Crippen molar-refractivity contribution in [2.75, 3.05) is 5.75 Å². The van der Waals surface area contributed by atoms with Gasteiger partial charge in [0.05, 0.1) is 12.0 Å². The van der Waals surface area contributed by atoms with Crippen LogP contribution in [0.2, 0.25) is 10.0 Å². The maximum absolute atomic E-state index is 11.7. The van der Waals surface area contributed by atoms with Crippen LogP contribution in [0.5, 0.6) is 0 Å². The number of carbonyl (C=O) groups excluding carboxylic acids is 1. The summed E-state index contributed by atoms with van der Waals surface area (Å²) in [5.41, 5.74) is 4.26. The summed E-state index contributed by atoms with van der Waals surface area (Å²) < 4.78 is 0. The Morgan fingerprint density at radius 1 is 1.09 bits per heavy atom. The van der Waals surface area contributed by atoms with E-state index in [2.05, 4.69) is 10.5 Å². The number of thioether (sulfide) groups is 1. The predicted molar refractivity (Wildman–Crippen MR) is 94.8 cm³/mol. The highest BCUT2D eigenvalue weighted by Gasteiger charge is 2.07. The second kappa shape index (κ2) is 8.83. The number of amides is 1. The molecule has 2 aromatic rings. The molecule has 0 radical (unpaired) electrons. The summed E-state index contributed by atoms with van der Waals surface area (Å²) in [6.45, 7) is 0. The molecule has 22 heavy (non-hydrogen) atoms. The third kappa shape index (κ3) is 5.37. The Morgan fingerprint density at radius 3 is 2.45 bits per heavy atom. The summed E-state index contributed by atoms with van der Waals surface area (Å²) in [5.74, 6) is 0.697. The van der Waals surface area contributed by atoms with E-state index in [0.29, 0.717) is 15.8 Å². The summed E-state index contributed by atoms with van der Waals surface area (Å²) in [4.78, 5) is 11.7. The molecular weight excluding hydrogens is 339 g/mol. The molecule has 0 aliphatic heterocycles. The molecule has 1 N–H and O–H groups in total. The normalized spacial score (nSPS) is 10.8. The molecule has 3 nitrogen and oxygen atoms in total. The molecule has 0 heterocycles. The third-order valence-corrected chi connectivity index (χ3v) is 4.41. The summed E-state index contributed by atoms with van der Waals surface area (Å²) >= 11 is 13.6. The van der Waals surface area contributed by atoms with Crippen LogP contribution in [0.4, 0.5) is 0 Å². The SMILES string of the molecule is O=C(CSCc1c(Cl)cccc1Cl)N/N=C\c1ccccc1. The van der Waals surface area contributed by atoms with Crippen LogP contribution < -0.4 is 5.43 Å². The first-order valence-corrected chi connectivity index (χ1v) is 8.45. The number of hydrazone groups is 1. The van der Waals surface area contributed by atoms with Crippen molar-refractivity contribution in [3.8, 4) is 0 Å². The Labute approximate surface area is 143 Å². The van der Waals surface area contributed by atoms with Gasteiger partial charge in [0.15, 0.2) is 0 Å². The fourth-order valence-corrected chi connectivity index (χ4v) is 3.22. The number of halogens is 2. The number of nitrogens with zero attached hydrogens (tertiary/aromatic N) is 1. The molecule has 0 unspecified atom stereocenters. The zero-order valence-corrected chi connectivity index (χ0v) is 14.0. The van der Waals surface area contributed by atoms with Gasteiger partial charge in [0.2, 0.25) is 5.91 Å². The second-order valence-electron chi connectivity index (χ2n) is 4.40. The van der Waals surface area contributed by atoms with Gasteiger partial charge in [0.25, 0.3) is 0 Å². The monoisotopic (exact) mass is 352 g/mol. The van der Waals surface area contributed by atoms with Crippen LogP contribution in [0.25, 0.3) is 0 Å². The molecule has 0 aliphatic rings. The molecule has 2 rings (SSSR count). The molecule has 0 spiro atoms. The lowest BCUT2D eigenvalue weighted by Crippen LogP contribution is -2.19. The van der Waals surface area contributed by atoms with Gasteiger partial charge < -0.3 is 0 Å². The molecule has 0 aromatic heterocycles. The Hall–Kier alpha value is -1.49. The molecule has 2 aromatic carbocycles. The minimum absolute atomic E-state index is 0.166. The molecule has 1 amide bonds. The number of rotatable bonds is 6. The molecule has 6 heteroatoms. The van der Waals surface area contributed by atoms with Gasteiger partial charge in [-0.1, -0.05) is 59.6 Å². The largest absolute Gasteiger partial charge is 0.272 e. The fourth-order valence-electron chi connectivity index (χ4n) is 1.67. The van der Waals surface area contributed by atoms with Gasteiger partial charge in [-0.05, 0) is 23.3 Å². The van der Waals surface area contributed by atoms with E-state index in [1.807, 2.05) is 30.3 Å². The Kier molecular flexibility index (Phi) is 6.77. The summed E-state index contributed by atoms with van der Waals surface area (Å²) in [6, 6.07) is 14.9. The van der Waals surface area contributed by atoms with Crippen molar-refractivity contribution in [2.24, 2.45) is 5.10 Å². The van der Waals surface area contributed by atoms with Gasteiger partial charge in [-0.2, -0.15) is 5.10 Å². The van der Waals surface area contributed by atoms with Crippen LogP contribution >= 0.6 is 35.0 Å². The van der Waals surface area contributed by atoms with E-state index in [1.54, 1.807) is 24.4 Å². The number of benzene rings is 2. The first-order chi connectivity index (χ1) is 10.7. The smallest absolute Gasteiger partial charge is 0.250 e. The lowest BCUT2D eigenvalue weighted by molar-refractivity contribution is -0.118. The van der Waals surface area contributed by atoms with Gasteiger partial charge in [0.1, 0.15) is 0 Å². The molecule has 0 atom stereocenters. The maximum atomic E-state index is 11.7.